The van der Waals surface area contributed by atoms with E-state index in [1.165, 1.54) is 116 Å². The van der Waals surface area contributed by atoms with E-state index in [1.54, 1.807) is 25.7 Å². The molecule has 0 aromatic rings. The second kappa shape index (κ2) is 19.2. The van der Waals surface area contributed by atoms with Crippen molar-refractivity contribution in [2.45, 2.75) is 183 Å². The monoisotopic (exact) mass is 463 g/mol. The lowest BCUT2D eigenvalue weighted by atomic mass is 9.47. The average Bonchev–Trinajstić information content (AvgIpc) is 2.82. The quantitative estimate of drug-likeness (QED) is 0.149. The van der Waals surface area contributed by atoms with Crippen molar-refractivity contribution >= 4 is 0 Å². The smallest absolute Gasteiger partial charge is 0.0238 e. The predicted molar refractivity (Wildman–Crippen MR) is 152 cm³/mol. The topological polar surface area (TPSA) is 0 Å². The SMILES string of the molecule is CCCCCC1C(CCCC)CC(CCCC)C(CCCCC)(CCCCC)C1CCCC. The molecule has 0 N–H and O–H groups in total. The maximum atomic E-state index is 2.44. The molecule has 0 heterocycles. The molecule has 33 heavy (non-hydrogen) atoms. The second-order valence-corrected chi connectivity index (χ2v) is 12.0. The molecule has 0 nitrogen and oxygen atoms in total. The maximum absolute atomic E-state index is 2.44. The summed E-state index contributed by atoms with van der Waals surface area (Å²) in [7, 11) is 0. The average molecular weight is 463 g/mol. The zero-order chi connectivity index (χ0) is 24.4. The minimum absolute atomic E-state index is 0.661. The summed E-state index contributed by atoms with van der Waals surface area (Å²) in [6, 6.07) is 0. The Morgan fingerprint density at radius 2 is 0.970 bits per heavy atom. The Labute approximate surface area is 211 Å². The molecule has 0 aromatic heterocycles. The Balaban J connectivity index is 3.39. The van der Waals surface area contributed by atoms with Crippen molar-refractivity contribution in [2.24, 2.45) is 29.1 Å². The zero-order valence-electron chi connectivity index (χ0n) is 24.4. The molecule has 0 bridgehead atoms. The number of hydrogen-bond donors (Lipinski definition) is 0. The van der Waals surface area contributed by atoms with Crippen LogP contribution >= 0.6 is 0 Å². The van der Waals surface area contributed by atoms with Gasteiger partial charge in [0.05, 0.1) is 0 Å². The van der Waals surface area contributed by atoms with Crippen molar-refractivity contribution in [3.05, 3.63) is 0 Å². The van der Waals surface area contributed by atoms with Crippen LogP contribution in [0.2, 0.25) is 0 Å². The van der Waals surface area contributed by atoms with Gasteiger partial charge < -0.3 is 0 Å². The van der Waals surface area contributed by atoms with E-state index in [9.17, 15) is 0 Å². The first-order valence-corrected chi connectivity index (χ1v) is 16.1. The minimum atomic E-state index is 0.661. The molecule has 1 aliphatic carbocycles. The third-order valence-corrected chi connectivity index (χ3v) is 9.60. The van der Waals surface area contributed by atoms with E-state index in [4.69, 9.17) is 0 Å². The Morgan fingerprint density at radius 3 is 1.52 bits per heavy atom. The van der Waals surface area contributed by atoms with Crippen LogP contribution in [0.3, 0.4) is 0 Å². The van der Waals surface area contributed by atoms with Crippen molar-refractivity contribution in [1.29, 1.82) is 0 Å². The molecule has 0 aliphatic heterocycles. The summed E-state index contributed by atoms with van der Waals surface area (Å²) in [5.41, 5.74) is 0.661. The van der Waals surface area contributed by atoms with E-state index in [1.807, 2.05) is 0 Å². The summed E-state index contributed by atoms with van der Waals surface area (Å²) in [6.07, 6.45) is 32.4. The molecule has 1 aliphatic rings. The first-order chi connectivity index (χ1) is 16.1. The highest BCUT2D eigenvalue weighted by atomic mass is 14.6. The van der Waals surface area contributed by atoms with Crippen molar-refractivity contribution < 1.29 is 0 Å². The third kappa shape index (κ3) is 10.3. The molecular formula is C33H66. The molecule has 0 saturated heterocycles. The van der Waals surface area contributed by atoms with E-state index < -0.39 is 0 Å². The molecule has 1 fully saturated rings. The summed E-state index contributed by atoms with van der Waals surface area (Å²) in [5, 5.41) is 0. The van der Waals surface area contributed by atoms with Gasteiger partial charge in [-0.15, -0.1) is 0 Å². The fourth-order valence-corrected chi connectivity index (χ4v) is 7.79. The van der Waals surface area contributed by atoms with Crippen LogP contribution in [-0.4, -0.2) is 0 Å². The molecule has 198 valence electrons. The number of hydrogen-bond acceptors (Lipinski definition) is 0. The fraction of sp³-hybridized carbons (Fsp3) is 1.00. The van der Waals surface area contributed by atoms with Crippen LogP contribution < -0.4 is 0 Å². The fourth-order valence-electron chi connectivity index (χ4n) is 7.79. The molecule has 4 atom stereocenters. The van der Waals surface area contributed by atoms with Crippen LogP contribution in [0.5, 0.6) is 0 Å². The molecule has 0 amide bonds. The number of rotatable bonds is 21. The summed E-state index contributed by atoms with van der Waals surface area (Å²) in [6.45, 7) is 14.5. The molecule has 0 aromatic carbocycles. The lowest BCUT2D eigenvalue weighted by molar-refractivity contribution is -0.0821. The van der Waals surface area contributed by atoms with Gasteiger partial charge in [-0.2, -0.15) is 0 Å². The van der Waals surface area contributed by atoms with Crippen molar-refractivity contribution in [2.75, 3.05) is 0 Å². The molecule has 4 unspecified atom stereocenters. The van der Waals surface area contributed by atoms with Gasteiger partial charge in [0.1, 0.15) is 0 Å². The van der Waals surface area contributed by atoms with Crippen LogP contribution in [0.25, 0.3) is 0 Å². The highest BCUT2D eigenvalue weighted by molar-refractivity contribution is 5.01. The van der Waals surface area contributed by atoms with Crippen molar-refractivity contribution in [1.82, 2.24) is 0 Å². The van der Waals surface area contributed by atoms with Gasteiger partial charge in [-0.3, -0.25) is 0 Å². The highest BCUT2D eigenvalue weighted by Gasteiger charge is 2.52. The molecular weight excluding hydrogens is 396 g/mol. The molecule has 0 radical (unpaired) electrons. The first kappa shape index (κ1) is 31.0. The van der Waals surface area contributed by atoms with Gasteiger partial charge in [0.2, 0.25) is 0 Å². The van der Waals surface area contributed by atoms with E-state index >= 15 is 0 Å². The second-order valence-electron chi connectivity index (χ2n) is 12.0. The van der Waals surface area contributed by atoms with Crippen LogP contribution in [0.1, 0.15) is 183 Å². The first-order valence-electron chi connectivity index (χ1n) is 16.1. The van der Waals surface area contributed by atoms with E-state index in [2.05, 4.69) is 41.5 Å². The maximum Gasteiger partial charge on any atom is -0.0238 e. The Bertz CT molecular complexity index is 414. The molecule has 1 saturated carbocycles. The summed E-state index contributed by atoms with van der Waals surface area (Å²) in [4.78, 5) is 0. The van der Waals surface area contributed by atoms with Crippen LogP contribution in [0.15, 0.2) is 0 Å². The normalized spacial score (nSPS) is 24.9. The summed E-state index contributed by atoms with van der Waals surface area (Å²) in [5.74, 6) is 4.07. The van der Waals surface area contributed by atoms with Gasteiger partial charge in [0, 0.05) is 0 Å². The third-order valence-electron chi connectivity index (χ3n) is 9.60. The minimum Gasteiger partial charge on any atom is -0.0654 e. The van der Waals surface area contributed by atoms with Gasteiger partial charge in [-0.25, -0.2) is 0 Å². The van der Waals surface area contributed by atoms with Crippen molar-refractivity contribution in [3.8, 4) is 0 Å². The Hall–Kier alpha value is 0. The van der Waals surface area contributed by atoms with Gasteiger partial charge in [-0.1, -0.05) is 144 Å². The van der Waals surface area contributed by atoms with E-state index in [0.717, 1.165) is 23.7 Å². The Kier molecular flexibility index (Phi) is 18.1. The zero-order valence-corrected chi connectivity index (χ0v) is 24.4. The summed E-state index contributed by atoms with van der Waals surface area (Å²) < 4.78 is 0. The van der Waals surface area contributed by atoms with Gasteiger partial charge >= 0.3 is 0 Å². The van der Waals surface area contributed by atoms with E-state index in [0.29, 0.717) is 5.41 Å². The van der Waals surface area contributed by atoms with E-state index in [-0.39, 0.29) is 0 Å². The van der Waals surface area contributed by atoms with Gasteiger partial charge in [-0.05, 0) is 67.6 Å². The lowest BCUT2D eigenvalue weighted by Crippen LogP contribution is -2.49. The standard InChI is InChI=1S/C33H66/c1-7-13-19-24-31-29(22-16-10-4)28-30(23-17-11-5)33(26-20-14-8-2,27-21-15-9-3)32(31)25-18-12-6/h29-32H,7-28H2,1-6H3. The Morgan fingerprint density at radius 1 is 0.485 bits per heavy atom. The summed E-state index contributed by atoms with van der Waals surface area (Å²) >= 11 is 0. The molecule has 0 spiro atoms. The molecule has 0 heteroatoms. The van der Waals surface area contributed by atoms with Crippen LogP contribution in [0, 0.1) is 29.1 Å². The predicted octanol–water partition coefficient (Wildman–Crippen LogP) is 12.2. The van der Waals surface area contributed by atoms with Crippen LogP contribution in [-0.2, 0) is 0 Å². The van der Waals surface area contributed by atoms with Gasteiger partial charge in [0.15, 0.2) is 0 Å². The number of unbranched alkanes of at least 4 members (excludes halogenated alkanes) is 9. The van der Waals surface area contributed by atoms with Crippen LogP contribution in [0.4, 0.5) is 0 Å². The lowest BCUT2D eigenvalue weighted by Gasteiger charge is -2.58. The van der Waals surface area contributed by atoms with Gasteiger partial charge in [0.25, 0.3) is 0 Å². The van der Waals surface area contributed by atoms with Crippen molar-refractivity contribution in [3.63, 3.8) is 0 Å². The highest BCUT2D eigenvalue weighted by Crippen LogP contribution is 2.60. The largest absolute Gasteiger partial charge is 0.0654 e. The molecule has 1 rings (SSSR count).